The van der Waals surface area contributed by atoms with Crippen molar-refractivity contribution in [1.29, 1.82) is 0 Å². The molecule has 1 heterocycles. The van der Waals surface area contributed by atoms with Crippen molar-refractivity contribution in [3.05, 3.63) is 42.1 Å². The van der Waals surface area contributed by atoms with E-state index in [1.807, 2.05) is 0 Å². The van der Waals surface area contributed by atoms with Crippen molar-refractivity contribution < 1.29 is 0 Å². The van der Waals surface area contributed by atoms with Crippen molar-refractivity contribution in [3.8, 4) is 0 Å². The normalized spacial score (nSPS) is 13.7. The maximum Gasteiger partial charge on any atom is 0.0705 e. The summed E-state index contributed by atoms with van der Waals surface area (Å²) in [7, 11) is -1.22. The first kappa shape index (κ1) is 14.3. The average molecular weight is 271 g/mol. The van der Waals surface area contributed by atoms with Gasteiger partial charge >= 0.3 is 0 Å². The summed E-state index contributed by atoms with van der Waals surface area (Å²) < 4.78 is 0. The lowest BCUT2D eigenvalue weighted by molar-refractivity contribution is 0.839. The van der Waals surface area contributed by atoms with Crippen molar-refractivity contribution in [2.24, 2.45) is 0 Å². The van der Waals surface area contributed by atoms with Gasteiger partial charge in [-0.15, -0.1) is 0 Å². The molecule has 2 aromatic rings. The van der Waals surface area contributed by atoms with Gasteiger partial charge in [0.15, 0.2) is 0 Å². The van der Waals surface area contributed by atoms with Gasteiger partial charge in [0, 0.05) is 11.1 Å². The van der Waals surface area contributed by atoms with Gasteiger partial charge in [-0.3, -0.25) is 4.98 Å². The van der Waals surface area contributed by atoms with E-state index in [2.05, 4.69) is 63.3 Å². The van der Waals surface area contributed by atoms with Gasteiger partial charge in [0.2, 0.25) is 0 Å². The molecule has 0 amide bonds. The minimum Gasteiger partial charge on any atom is -0.253 e. The Labute approximate surface area is 118 Å². The van der Waals surface area contributed by atoms with E-state index in [1.165, 1.54) is 30.0 Å². The summed E-state index contributed by atoms with van der Waals surface area (Å²) in [6, 6.07) is 14.3. The van der Waals surface area contributed by atoms with Gasteiger partial charge < -0.3 is 0 Å². The molecule has 1 aromatic heterocycles. The van der Waals surface area contributed by atoms with Crippen LogP contribution in [0.1, 0.15) is 37.9 Å². The summed E-state index contributed by atoms with van der Waals surface area (Å²) in [6.07, 6.45) is 2.66. The van der Waals surface area contributed by atoms with E-state index in [4.69, 9.17) is 4.98 Å². The minimum absolute atomic E-state index is 0.628. The Bertz CT molecular complexity index is 548. The predicted molar refractivity (Wildman–Crippen MR) is 87.4 cm³/mol. The highest BCUT2D eigenvalue weighted by molar-refractivity contribution is 6.78. The molecule has 0 aliphatic rings. The van der Waals surface area contributed by atoms with Gasteiger partial charge in [-0.2, -0.15) is 0 Å². The van der Waals surface area contributed by atoms with E-state index in [-0.39, 0.29) is 0 Å². The van der Waals surface area contributed by atoms with Gasteiger partial charge in [-0.1, -0.05) is 70.1 Å². The lowest BCUT2D eigenvalue weighted by Crippen LogP contribution is -2.33. The fourth-order valence-electron chi connectivity index (χ4n) is 2.57. The zero-order valence-electron chi connectivity index (χ0n) is 12.6. The van der Waals surface area contributed by atoms with Gasteiger partial charge in [0.25, 0.3) is 0 Å². The van der Waals surface area contributed by atoms with Crippen molar-refractivity contribution in [3.63, 3.8) is 0 Å². The van der Waals surface area contributed by atoms with E-state index in [0.29, 0.717) is 5.54 Å². The van der Waals surface area contributed by atoms with Crippen LogP contribution in [0.4, 0.5) is 0 Å². The minimum atomic E-state index is -1.22. The molecule has 0 N–H and O–H groups in total. The Morgan fingerprint density at radius 3 is 2.58 bits per heavy atom. The third-order valence-electron chi connectivity index (χ3n) is 4.41. The second-order valence-corrected chi connectivity index (χ2v) is 11.6. The Balaban J connectivity index is 2.27. The van der Waals surface area contributed by atoms with E-state index < -0.39 is 8.07 Å². The van der Waals surface area contributed by atoms with E-state index in [1.54, 1.807) is 0 Å². The van der Waals surface area contributed by atoms with Crippen molar-refractivity contribution >= 4 is 19.0 Å². The molecule has 1 nitrogen and oxygen atoms in total. The number of rotatable bonds is 5. The summed E-state index contributed by atoms with van der Waals surface area (Å²) >= 11 is 0. The monoisotopic (exact) mass is 271 g/mol. The van der Waals surface area contributed by atoms with Crippen LogP contribution in [0.2, 0.25) is 19.1 Å². The molecule has 0 spiro atoms. The molecule has 0 fully saturated rings. The maximum absolute atomic E-state index is 4.88. The quantitative estimate of drug-likeness (QED) is 0.665. The zero-order valence-corrected chi connectivity index (χ0v) is 13.6. The van der Waals surface area contributed by atoms with Crippen molar-refractivity contribution in [2.75, 3.05) is 0 Å². The highest BCUT2D eigenvalue weighted by Crippen LogP contribution is 2.31. The van der Waals surface area contributed by atoms with E-state index >= 15 is 0 Å². The fourth-order valence-corrected chi connectivity index (χ4v) is 5.23. The number of aromatic nitrogens is 1. The standard InChI is InChI=1S/C17H25NSi/c1-5-6-13-19(3,4)14(2)16-12-11-15-9-7-8-10-17(15)18-16/h7-12,14H,5-6,13H2,1-4H3. The van der Waals surface area contributed by atoms with Gasteiger partial charge in [0.05, 0.1) is 13.6 Å². The number of hydrogen-bond acceptors (Lipinski definition) is 1. The molecular weight excluding hydrogens is 246 g/mol. The number of benzene rings is 1. The third-order valence-corrected chi connectivity index (χ3v) is 8.69. The molecule has 19 heavy (non-hydrogen) atoms. The summed E-state index contributed by atoms with van der Waals surface area (Å²) in [5.74, 6) is 0. The van der Waals surface area contributed by atoms with Crippen LogP contribution in [0.5, 0.6) is 0 Å². The molecule has 2 rings (SSSR count). The number of para-hydroxylation sites is 1. The molecule has 102 valence electrons. The van der Waals surface area contributed by atoms with E-state index in [9.17, 15) is 0 Å². The number of hydrogen-bond donors (Lipinski definition) is 0. The van der Waals surface area contributed by atoms with Crippen molar-refractivity contribution in [2.45, 2.75) is 51.4 Å². The van der Waals surface area contributed by atoms with Crippen LogP contribution in [-0.4, -0.2) is 13.1 Å². The molecule has 0 radical (unpaired) electrons. The lowest BCUT2D eigenvalue weighted by Gasteiger charge is -2.29. The highest BCUT2D eigenvalue weighted by atomic mass is 28.3. The topological polar surface area (TPSA) is 12.9 Å². The molecule has 0 saturated carbocycles. The Hall–Kier alpha value is -1.15. The average Bonchev–Trinajstić information content (AvgIpc) is 2.44. The lowest BCUT2D eigenvalue weighted by atomic mass is 10.2. The van der Waals surface area contributed by atoms with Crippen molar-refractivity contribution in [1.82, 2.24) is 4.98 Å². The number of nitrogens with zero attached hydrogens (tertiary/aromatic N) is 1. The molecule has 1 aromatic carbocycles. The zero-order chi connectivity index (χ0) is 13.9. The Kier molecular flexibility index (Phi) is 4.41. The van der Waals surface area contributed by atoms with Gasteiger partial charge in [0.1, 0.15) is 0 Å². The van der Waals surface area contributed by atoms with Gasteiger partial charge in [-0.05, 0) is 17.7 Å². The first-order valence-electron chi connectivity index (χ1n) is 7.40. The van der Waals surface area contributed by atoms with Crippen LogP contribution < -0.4 is 0 Å². The predicted octanol–water partition coefficient (Wildman–Crippen LogP) is 5.39. The largest absolute Gasteiger partial charge is 0.253 e. The van der Waals surface area contributed by atoms with Crippen LogP contribution in [0.25, 0.3) is 10.9 Å². The van der Waals surface area contributed by atoms with Crippen LogP contribution in [0, 0.1) is 0 Å². The molecule has 2 heteroatoms. The second kappa shape index (κ2) is 5.87. The molecule has 1 atom stereocenters. The van der Waals surface area contributed by atoms with Gasteiger partial charge in [-0.25, -0.2) is 0 Å². The van der Waals surface area contributed by atoms with Crippen LogP contribution in [0.15, 0.2) is 36.4 Å². The summed E-state index contributed by atoms with van der Waals surface area (Å²) in [6.45, 7) is 9.66. The SMILES string of the molecule is CCCC[Si](C)(C)C(C)c1ccc2ccccc2n1. The molecule has 1 unspecified atom stereocenters. The maximum atomic E-state index is 4.88. The first-order chi connectivity index (χ1) is 9.04. The Morgan fingerprint density at radius 2 is 1.84 bits per heavy atom. The smallest absolute Gasteiger partial charge is 0.0705 e. The van der Waals surface area contributed by atoms with Crippen LogP contribution in [0.3, 0.4) is 0 Å². The van der Waals surface area contributed by atoms with Crippen LogP contribution >= 0.6 is 0 Å². The second-order valence-electron chi connectivity index (χ2n) is 6.24. The number of pyridine rings is 1. The molecule has 0 bridgehead atoms. The Morgan fingerprint density at radius 1 is 1.11 bits per heavy atom. The first-order valence-corrected chi connectivity index (χ1v) is 10.7. The number of fused-ring (bicyclic) bond motifs is 1. The van der Waals surface area contributed by atoms with Crippen LogP contribution in [-0.2, 0) is 0 Å². The summed E-state index contributed by atoms with van der Waals surface area (Å²) in [5, 5.41) is 1.24. The molecular formula is C17H25NSi. The number of unbranched alkanes of at least 4 members (excludes halogenated alkanes) is 1. The third kappa shape index (κ3) is 3.24. The fraction of sp³-hybridized carbons (Fsp3) is 0.471. The molecule has 0 saturated heterocycles. The summed E-state index contributed by atoms with van der Waals surface area (Å²) in [4.78, 5) is 4.88. The summed E-state index contributed by atoms with van der Waals surface area (Å²) in [5.41, 5.74) is 3.04. The molecule has 0 aliphatic heterocycles. The molecule has 0 aliphatic carbocycles. The van der Waals surface area contributed by atoms with E-state index in [0.717, 1.165) is 5.52 Å². The highest BCUT2D eigenvalue weighted by Gasteiger charge is 2.29.